The van der Waals surface area contributed by atoms with Crippen LogP contribution in [-0.4, -0.2) is 98.9 Å². The van der Waals surface area contributed by atoms with Crippen molar-refractivity contribution in [1.82, 2.24) is 59.2 Å². The van der Waals surface area contributed by atoms with Gasteiger partial charge in [-0.1, -0.05) is 36.4 Å². The topological polar surface area (TPSA) is 292 Å². The van der Waals surface area contributed by atoms with Crippen molar-refractivity contribution < 1.29 is 58.5 Å². The molecule has 0 unspecified atom stereocenters. The number of ether oxygens (including phenoxy) is 9. The van der Waals surface area contributed by atoms with Gasteiger partial charge in [0.25, 0.3) is 0 Å². The van der Waals surface area contributed by atoms with Crippen LogP contribution in [-0.2, 0) is 34.0 Å². The van der Waals surface area contributed by atoms with Crippen molar-refractivity contribution in [2.24, 2.45) is 0 Å². The first-order valence-electron chi connectivity index (χ1n) is 38.0. The third kappa shape index (κ3) is 17.7. The van der Waals surface area contributed by atoms with E-state index >= 15 is 4.39 Å². The molecule has 0 bridgehead atoms. The van der Waals surface area contributed by atoms with Crippen LogP contribution in [0.1, 0.15) is 84.5 Å². The van der Waals surface area contributed by atoms with Gasteiger partial charge in [-0.2, -0.15) is 15.3 Å². The lowest BCUT2D eigenvalue weighted by molar-refractivity contribution is 0.0673. The van der Waals surface area contributed by atoms with Gasteiger partial charge in [-0.3, -0.25) is 0 Å². The lowest BCUT2D eigenvalue weighted by Gasteiger charge is -2.22. The second-order valence-electron chi connectivity index (χ2n) is 27.2. The van der Waals surface area contributed by atoms with Gasteiger partial charge < -0.3 is 59.8 Å². The second-order valence-corrected chi connectivity index (χ2v) is 29.9. The first-order valence-corrected chi connectivity index (χ1v) is 38.6. The van der Waals surface area contributed by atoms with Gasteiger partial charge in [0.05, 0.1) is 37.0 Å². The van der Waals surface area contributed by atoms with Crippen LogP contribution in [0, 0.1) is 31.3 Å². The third-order valence-electron chi connectivity index (χ3n) is 19.3. The molecule has 0 radical (unpaired) electrons. The van der Waals surface area contributed by atoms with Crippen molar-refractivity contribution >= 4 is 73.2 Å². The molecule has 0 atom stereocenters. The maximum absolute atomic E-state index is 15.3. The molecule has 7 aromatic carbocycles. The number of aryl methyl sites for hydroxylation is 2. The lowest BCUT2D eigenvalue weighted by Crippen LogP contribution is -2.20. The second kappa shape index (κ2) is 34.6. The van der Waals surface area contributed by atoms with Gasteiger partial charge in [-0.15, -0.1) is 22.7 Å². The SMILES string of the molecule is Cc1ccc(COc2cccc(Oc3ccc(-c4nn(C5CCOCC5)c5ncnc(N)c45)cc3F)c2)s1.Nc1ncnc2c1c(-c1ccc(Oc3cc(F)cc(OCc4ccccc4)c3)cc1)nn2C1CCOCC1.[2H]C([2H])(Oc1cc(F)cc(Oc2ccc(-c3nn(C4CCOCC4)c4ncnc(N)c34)cc2)c1)c1ccc(C)s1. The lowest BCUT2D eigenvalue weighted by atomic mass is 10.1. The number of hydrogen-bond acceptors (Lipinski definition) is 23. The van der Waals surface area contributed by atoms with Crippen LogP contribution in [0.25, 0.3) is 66.9 Å². The third-order valence-corrected chi connectivity index (χ3v) is 21.1. The highest BCUT2D eigenvalue weighted by molar-refractivity contribution is 7.12. The molecule has 114 heavy (non-hydrogen) atoms. The zero-order valence-corrected chi connectivity index (χ0v) is 63.5. The predicted octanol–water partition coefficient (Wildman–Crippen LogP) is 18.6. The fraction of sp³-hybridized carbons (Fsp3) is 0.235. The number of thiophene rings is 2. The predicted molar refractivity (Wildman–Crippen MR) is 430 cm³/mol. The molecule has 18 rings (SSSR count). The van der Waals surface area contributed by atoms with E-state index in [1.54, 1.807) is 59.9 Å². The van der Waals surface area contributed by atoms with Crippen molar-refractivity contribution in [2.75, 3.05) is 56.8 Å². The van der Waals surface area contributed by atoms with Gasteiger partial charge in [0.1, 0.15) is 131 Å². The smallest absolute Gasteiger partial charge is 0.166 e. The summed E-state index contributed by atoms with van der Waals surface area (Å²) in [5.41, 5.74) is 25.9. The Morgan fingerprint density at radius 3 is 1.29 bits per heavy atom. The summed E-state index contributed by atoms with van der Waals surface area (Å²) in [7, 11) is 0. The van der Waals surface area contributed by atoms with E-state index in [-0.39, 0.29) is 35.4 Å². The zero-order chi connectivity index (χ0) is 79.8. The normalized spacial score (nSPS) is 14.5. The van der Waals surface area contributed by atoms with Crippen LogP contribution < -0.4 is 45.6 Å². The minimum absolute atomic E-state index is 0.0169. The van der Waals surface area contributed by atoms with E-state index in [9.17, 15) is 8.78 Å². The fourth-order valence-electron chi connectivity index (χ4n) is 13.7. The Morgan fingerprint density at radius 2 is 0.825 bits per heavy atom. The number of halogens is 3. The first kappa shape index (κ1) is 73.0. The van der Waals surface area contributed by atoms with Crippen molar-refractivity contribution in [3.05, 3.63) is 243 Å². The largest absolute Gasteiger partial charge is 0.489 e. The summed E-state index contributed by atoms with van der Waals surface area (Å²) in [6, 6.07) is 52.4. The number of benzene rings is 7. The van der Waals surface area contributed by atoms with Crippen molar-refractivity contribution in [2.45, 2.75) is 90.3 Å². The number of nitrogens with two attached hydrogens (primary N) is 3. The van der Waals surface area contributed by atoms with Crippen LogP contribution in [0.3, 0.4) is 0 Å². The standard InChI is InChI=1S/C29H26FN5O3.2C28H26FN5O3S/c30-21-14-24(37-17-19-4-2-1-3-5-19)16-25(15-21)38-23-8-6-20(7-9-23)27-26-28(31)32-18-33-29(26)35(34-27)22-10-12-36-13-11-22;1-17-2-7-24(38-17)15-36-22-12-19(29)13-23(14-22)37-21-5-3-18(4-6-21)26-25-27(30)31-16-32-28(25)34(33-26)20-8-10-35-11-9-20;1-17-5-7-22(38-17)15-36-20-3-2-4-21(14-20)37-24-8-6-18(13-23(24)29)26-25-27(30)31-16-32-28(25)34(33-26)19-9-11-35-12-10-19/h1-9,14-16,18,22H,10-13,17H2,(H2,31,32,33);2-7,12-14,16,20H,8-11,15H2,1H3,(H2,30,31,32);2-8,13-14,16,19H,9-12,15H2,1H3,(H2,30,31,32)/i;15D2;. The maximum atomic E-state index is 15.3. The zero-order valence-electron chi connectivity index (χ0n) is 63.9. The minimum Gasteiger partial charge on any atom is -0.489 e. The highest BCUT2D eigenvalue weighted by Crippen LogP contribution is 2.41. The number of nitrogens with zero attached hydrogens (tertiary/aromatic N) is 12. The van der Waals surface area contributed by atoms with E-state index < -0.39 is 24.0 Å². The molecule has 0 amide bonds. The van der Waals surface area contributed by atoms with Crippen LogP contribution >= 0.6 is 22.7 Å². The summed E-state index contributed by atoms with van der Waals surface area (Å²) in [5.74, 6) is 2.60. The molecule has 3 saturated heterocycles. The molecule has 6 N–H and O–H groups in total. The Kier molecular flexibility index (Phi) is 22.2. The summed E-state index contributed by atoms with van der Waals surface area (Å²) >= 11 is 2.97. The van der Waals surface area contributed by atoms with Crippen LogP contribution in [0.2, 0.25) is 0 Å². The van der Waals surface area contributed by atoms with Crippen molar-refractivity contribution in [3.8, 4) is 85.5 Å². The van der Waals surface area contributed by atoms with Gasteiger partial charge >= 0.3 is 0 Å². The molecule has 580 valence electrons. The van der Waals surface area contributed by atoms with E-state index in [0.717, 1.165) is 76.4 Å². The van der Waals surface area contributed by atoms with E-state index in [1.165, 1.54) is 65.5 Å². The number of nitrogen functional groups attached to an aromatic ring is 3. The van der Waals surface area contributed by atoms with Gasteiger partial charge in [-0.05, 0) is 161 Å². The number of hydrogen-bond donors (Lipinski definition) is 3. The molecule has 3 fully saturated rings. The Bertz CT molecular complexity index is 5960. The molecule has 0 spiro atoms. The molecular weight excluding hydrogens is 1500 g/mol. The number of anilines is 3. The highest BCUT2D eigenvalue weighted by Gasteiger charge is 2.29. The molecule has 8 aromatic heterocycles. The summed E-state index contributed by atoms with van der Waals surface area (Å²) in [6.45, 7) is 6.64. The number of fused-ring (bicyclic) bond motifs is 3. The first-order chi connectivity index (χ1) is 56.4. The molecule has 15 aromatic rings. The number of rotatable bonds is 21. The molecule has 0 saturated carbocycles. The van der Waals surface area contributed by atoms with E-state index in [4.69, 9.17) is 77.9 Å². The van der Waals surface area contributed by atoms with Gasteiger partial charge in [0.2, 0.25) is 0 Å². The summed E-state index contributed by atoms with van der Waals surface area (Å²) in [4.78, 5) is 29.6. The fourth-order valence-corrected chi connectivity index (χ4v) is 15.2. The monoisotopic (exact) mass is 1580 g/mol. The van der Waals surface area contributed by atoms with Crippen LogP contribution in [0.5, 0.6) is 51.7 Å². The average molecular weight is 1580 g/mol. The molecule has 3 aliphatic rings. The molecule has 11 heterocycles. The Morgan fingerprint density at radius 1 is 0.404 bits per heavy atom. The summed E-state index contributed by atoms with van der Waals surface area (Å²) < 4.78 is 118. The minimum atomic E-state index is -2.12. The molecule has 29 heteroatoms. The van der Waals surface area contributed by atoms with E-state index in [2.05, 4.69) is 42.9 Å². The Labute approximate surface area is 663 Å². The Hall–Kier alpha value is -12.5. The van der Waals surface area contributed by atoms with Gasteiger partial charge in [-0.25, -0.2) is 57.1 Å². The maximum Gasteiger partial charge on any atom is 0.166 e. The van der Waals surface area contributed by atoms with Gasteiger partial charge in [0.15, 0.2) is 28.5 Å². The summed E-state index contributed by atoms with van der Waals surface area (Å²) in [6.07, 6.45) is 9.35. The van der Waals surface area contributed by atoms with E-state index in [0.29, 0.717) is 160 Å². The highest BCUT2D eigenvalue weighted by atomic mass is 32.1. The van der Waals surface area contributed by atoms with E-state index in [1.807, 2.05) is 112 Å². The quantitative estimate of drug-likeness (QED) is 0.0602. The van der Waals surface area contributed by atoms with Crippen LogP contribution in [0.4, 0.5) is 30.6 Å². The average Bonchev–Trinajstić information content (AvgIpc) is 1.63. The van der Waals surface area contributed by atoms with Crippen molar-refractivity contribution in [3.63, 3.8) is 0 Å². The molecule has 24 nitrogen and oxygen atoms in total. The number of aromatic nitrogens is 12. The summed E-state index contributed by atoms with van der Waals surface area (Å²) in [5, 5.41) is 16.6. The molecular formula is C85H78F3N15O9S2. The van der Waals surface area contributed by atoms with Gasteiger partial charge in [0, 0.05) is 118 Å². The Balaban J connectivity index is 0.000000131. The van der Waals surface area contributed by atoms with Crippen LogP contribution in [0.15, 0.2) is 201 Å². The molecule has 0 aliphatic carbocycles. The van der Waals surface area contributed by atoms with Crippen molar-refractivity contribution in [1.29, 1.82) is 0 Å². The molecule has 3 aliphatic heterocycles.